The molecule has 0 radical (unpaired) electrons. The molecule has 2 atom stereocenters. The topological polar surface area (TPSA) is 97.6 Å². The van der Waals surface area contributed by atoms with Crippen LogP contribution in [0.2, 0.25) is 5.02 Å². The first-order valence-corrected chi connectivity index (χ1v) is 11.2. The molecule has 3 aromatic rings. The predicted octanol–water partition coefficient (Wildman–Crippen LogP) is 2.88. The van der Waals surface area contributed by atoms with E-state index in [4.69, 9.17) is 11.6 Å². The maximum Gasteiger partial charge on any atom is 0.318 e. The molecule has 1 heterocycles. The summed E-state index contributed by atoms with van der Waals surface area (Å²) < 4.78 is 18.5. The van der Waals surface area contributed by atoms with Crippen LogP contribution in [0.1, 0.15) is 27.7 Å². The van der Waals surface area contributed by atoms with Gasteiger partial charge in [0.05, 0.1) is 41.1 Å². The number of nitrogens with zero attached hydrogens (tertiary/aromatic N) is 1. The maximum atomic E-state index is 12.9. The monoisotopic (exact) mass is 462 g/mol. The molecule has 0 aliphatic rings. The summed E-state index contributed by atoms with van der Waals surface area (Å²) in [7, 11) is 1.49. The molecule has 0 saturated heterocycles. The van der Waals surface area contributed by atoms with E-state index in [0.29, 0.717) is 21.2 Å². The molecule has 0 spiro atoms. The van der Waals surface area contributed by atoms with E-state index >= 15 is 0 Å². The molecule has 3 rings (SSSR count). The fourth-order valence-electron chi connectivity index (χ4n) is 3.30. The van der Waals surface area contributed by atoms with Crippen LogP contribution in [-0.2, 0) is 27.4 Å². The summed E-state index contributed by atoms with van der Waals surface area (Å²) >= 11 is 6.32. The molecule has 0 bridgehead atoms. The number of aromatic nitrogens is 1. The summed E-state index contributed by atoms with van der Waals surface area (Å²) in [5, 5.41) is 14.0. The number of fused-ring (bicyclic) bond motifs is 1. The molecule has 164 valence electrons. The highest BCUT2D eigenvalue weighted by molar-refractivity contribution is 7.85. The van der Waals surface area contributed by atoms with Crippen molar-refractivity contribution in [2.24, 2.45) is 7.05 Å². The van der Waals surface area contributed by atoms with Gasteiger partial charge in [0, 0.05) is 17.3 Å². The molecule has 31 heavy (non-hydrogen) atoms. The Kier molecular flexibility index (Phi) is 7.15. The van der Waals surface area contributed by atoms with Crippen molar-refractivity contribution in [3.63, 3.8) is 0 Å². The Morgan fingerprint density at radius 1 is 1.23 bits per heavy atom. The van der Waals surface area contributed by atoms with Gasteiger partial charge < -0.3 is 19.7 Å². The summed E-state index contributed by atoms with van der Waals surface area (Å²) in [5.74, 6) is -1.16. The van der Waals surface area contributed by atoms with Gasteiger partial charge in [0.2, 0.25) is 0 Å². The minimum atomic E-state index is -1.53. The summed E-state index contributed by atoms with van der Waals surface area (Å²) in [6, 6.07) is 11.4. The van der Waals surface area contributed by atoms with Gasteiger partial charge in [0.25, 0.3) is 5.91 Å². The molecular weight excluding hydrogens is 440 g/mol. The lowest BCUT2D eigenvalue weighted by atomic mass is 10.1. The number of amides is 1. The fourth-order valence-corrected chi connectivity index (χ4v) is 4.57. The van der Waals surface area contributed by atoms with E-state index < -0.39 is 22.8 Å². The summed E-state index contributed by atoms with van der Waals surface area (Å²) in [4.78, 5) is 24.7. The number of halogens is 1. The average Bonchev–Trinajstić information content (AvgIpc) is 3.08. The van der Waals surface area contributed by atoms with Crippen LogP contribution in [0.25, 0.3) is 10.9 Å². The Bertz CT molecular complexity index is 1160. The van der Waals surface area contributed by atoms with Crippen molar-refractivity contribution >= 4 is 45.2 Å². The number of benzene rings is 2. The third kappa shape index (κ3) is 4.98. The molecule has 0 aliphatic carbocycles. The molecule has 2 aromatic carbocycles. The summed E-state index contributed by atoms with van der Waals surface area (Å²) in [6.07, 6.45) is 0. The number of aryl methyl sites for hydroxylation is 2. The van der Waals surface area contributed by atoms with Crippen molar-refractivity contribution in [2.45, 2.75) is 17.9 Å². The molecule has 1 amide bonds. The van der Waals surface area contributed by atoms with Gasteiger partial charge in [-0.25, -0.2) is 0 Å². The van der Waals surface area contributed by atoms with Crippen molar-refractivity contribution in [1.82, 2.24) is 9.88 Å². The quantitative estimate of drug-likeness (QED) is 0.526. The van der Waals surface area contributed by atoms with Gasteiger partial charge in [-0.15, -0.1) is 0 Å². The largest absolute Gasteiger partial charge is 0.468 e. The van der Waals surface area contributed by atoms with E-state index in [1.165, 1.54) is 7.11 Å². The number of hydrogen-bond donors (Lipinski definition) is 2. The molecular formula is C22H23ClN2O5S. The van der Waals surface area contributed by atoms with Gasteiger partial charge in [0.1, 0.15) is 11.4 Å². The smallest absolute Gasteiger partial charge is 0.318 e. The van der Waals surface area contributed by atoms with Gasteiger partial charge in [-0.05, 0) is 48.4 Å². The van der Waals surface area contributed by atoms with Crippen LogP contribution in [0.15, 0.2) is 47.4 Å². The van der Waals surface area contributed by atoms with Gasteiger partial charge in [-0.1, -0.05) is 23.7 Å². The highest BCUT2D eigenvalue weighted by atomic mass is 35.5. The number of carbonyl (C=O) groups excluding carboxylic acids is 2. The third-order valence-electron chi connectivity index (χ3n) is 5.00. The second-order valence-electron chi connectivity index (χ2n) is 7.11. The molecule has 0 fully saturated rings. The molecule has 2 N–H and O–H groups in total. The van der Waals surface area contributed by atoms with E-state index in [1.54, 1.807) is 41.9 Å². The van der Waals surface area contributed by atoms with Gasteiger partial charge >= 0.3 is 5.97 Å². The van der Waals surface area contributed by atoms with E-state index in [1.807, 2.05) is 19.1 Å². The van der Waals surface area contributed by atoms with Crippen LogP contribution in [0.5, 0.6) is 0 Å². The minimum Gasteiger partial charge on any atom is -0.468 e. The lowest BCUT2D eigenvalue weighted by Gasteiger charge is -2.17. The van der Waals surface area contributed by atoms with Crippen molar-refractivity contribution in [1.29, 1.82) is 0 Å². The Morgan fingerprint density at radius 3 is 2.52 bits per heavy atom. The minimum absolute atomic E-state index is 0.237. The number of aliphatic hydroxyl groups excluding tert-OH is 1. The third-order valence-corrected chi connectivity index (χ3v) is 6.61. The van der Waals surface area contributed by atoms with Crippen LogP contribution < -0.4 is 5.32 Å². The SMILES string of the molecule is COC(=O)CS(=O)c1ccc(C(CO)NC(=O)c2cc3c(Cl)cc(C)cc3n2C)cc1. The highest BCUT2D eigenvalue weighted by Crippen LogP contribution is 2.28. The van der Waals surface area contributed by atoms with Crippen molar-refractivity contribution in [2.75, 3.05) is 19.5 Å². The first-order chi connectivity index (χ1) is 14.7. The number of ether oxygens (including phenoxy) is 1. The Hall–Kier alpha value is -2.68. The predicted molar refractivity (Wildman–Crippen MR) is 120 cm³/mol. The second-order valence-corrected chi connectivity index (χ2v) is 8.97. The number of carbonyl (C=O) groups is 2. The first kappa shape index (κ1) is 23.0. The zero-order valence-corrected chi connectivity index (χ0v) is 18.9. The van der Waals surface area contributed by atoms with Crippen molar-refractivity contribution < 1.29 is 23.6 Å². The van der Waals surface area contributed by atoms with Crippen LogP contribution in [0, 0.1) is 6.92 Å². The highest BCUT2D eigenvalue weighted by Gasteiger charge is 2.20. The van der Waals surface area contributed by atoms with Crippen molar-refractivity contribution in [3.8, 4) is 0 Å². The second kappa shape index (κ2) is 9.64. The van der Waals surface area contributed by atoms with Crippen LogP contribution in [-0.4, -0.2) is 45.2 Å². The Labute approximate surface area is 187 Å². The van der Waals surface area contributed by atoms with Gasteiger partial charge in [-0.3, -0.25) is 13.8 Å². The number of aliphatic hydroxyl groups is 1. The zero-order valence-electron chi connectivity index (χ0n) is 17.3. The summed E-state index contributed by atoms with van der Waals surface area (Å²) in [5.41, 5.74) is 2.88. The molecule has 7 nitrogen and oxygen atoms in total. The van der Waals surface area contributed by atoms with Crippen LogP contribution in [0.3, 0.4) is 0 Å². The zero-order chi connectivity index (χ0) is 22.7. The molecule has 9 heteroatoms. The molecule has 0 aliphatic heterocycles. The number of rotatable bonds is 7. The fraction of sp³-hybridized carbons (Fsp3) is 0.273. The van der Waals surface area contributed by atoms with E-state index in [2.05, 4.69) is 10.1 Å². The molecule has 1 aromatic heterocycles. The van der Waals surface area contributed by atoms with E-state index in [0.717, 1.165) is 16.5 Å². The number of methoxy groups -OCH3 is 1. The lowest BCUT2D eigenvalue weighted by Crippen LogP contribution is -2.32. The van der Waals surface area contributed by atoms with Crippen LogP contribution >= 0.6 is 11.6 Å². The Morgan fingerprint density at radius 2 is 1.90 bits per heavy atom. The molecule has 0 saturated carbocycles. The van der Waals surface area contributed by atoms with Gasteiger partial charge in [0.15, 0.2) is 0 Å². The number of nitrogens with one attached hydrogen (secondary N) is 1. The standard InChI is InChI=1S/C22H23ClN2O5S/c1-13-8-17(23)16-10-20(25(2)19(16)9-13)22(28)24-18(11-26)14-4-6-15(7-5-14)31(29)12-21(27)30-3/h4-10,18,26H,11-12H2,1-3H3,(H,24,28). The van der Waals surface area contributed by atoms with E-state index in [9.17, 15) is 18.9 Å². The molecule has 2 unspecified atom stereocenters. The van der Waals surface area contributed by atoms with Crippen LogP contribution in [0.4, 0.5) is 0 Å². The normalized spacial score (nSPS) is 13.1. The maximum absolute atomic E-state index is 12.9. The number of hydrogen-bond acceptors (Lipinski definition) is 5. The summed E-state index contributed by atoms with van der Waals surface area (Å²) in [6.45, 7) is 1.61. The van der Waals surface area contributed by atoms with Crippen molar-refractivity contribution in [3.05, 3.63) is 64.3 Å². The number of esters is 1. The average molecular weight is 463 g/mol. The Balaban J connectivity index is 1.80. The van der Waals surface area contributed by atoms with E-state index in [-0.39, 0.29) is 18.3 Å². The lowest BCUT2D eigenvalue weighted by molar-refractivity contribution is -0.137. The first-order valence-electron chi connectivity index (χ1n) is 9.47. The van der Waals surface area contributed by atoms with Gasteiger partial charge in [-0.2, -0.15) is 0 Å².